The summed E-state index contributed by atoms with van der Waals surface area (Å²) in [7, 11) is 0. The second-order valence-corrected chi connectivity index (χ2v) is 4.94. The molecule has 0 bridgehead atoms. The van der Waals surface area contributed by atoms with Crippen molar-refractivity contribution in [3.05, 3.63) is 52.8 Å². The molecule has 3 aromatic rings. The number of halogens is 1. The van der Waals surface area contributed by atoms with Crippen LogP contribution in [0.4, 0.5) is 5.69 Å². The van der Waals surface area contributed by atoms with E-state index in [0.717, 1.165) is 4.96 Å². The van der Waals surface area contributed by atoms with Gasteiger partial charge in [0.25, 0.3) is 5.91 Å². The highest BCUT2D eigenvalue weighted by Crippen LogP contribution is 2.18. The Kier molecular flexibility index (Phi) is 2.77. The number of imidazole rings is 1. The molecule has 0 aliphatic heterocycles. The Balaban J connectivity index is 1.90. The van der Waals surface area contributed by atoms with Gasteiger partial charge in [-0.15, -0.1) is 11.3 Å². The minimum Gasteiger partial charge on any atom is -0.321 e. The largest absolute Gasteiger partial charge is 0.321 e. The molecule has 2 aromatic heterocycles. The minimum absolute atomic E-state index is 0.179. The van der Waals surface area contributed by atoms with Gasteiger partial charge >= 0.3 is 0 Å². The highest BCUT2D eigenvalue weighted by Gasteiger charge is 2.12. The number of amides is 1. The van der Waals surface area contributed by atoms with E-state index in [4.69, 9.17) is 11.6 Å². The lowest BCUT2D eigenvalue weighted by Crippen LogP contribution is -2.13. The zero-order valence-electron chi connectivity index (χ0n) is 9.13. The normalized spacial score (nSPS) is 10.7. The number of carbonyl (C=O) groups is 1. The highest BCUT2D eigenvalue weighted by atomic mass is 35.5. The van der Waals surface area contributed by atoms with E-state index in [1.165, 1.54) is 11.3 Å². The zero-order valence-corrected chi connectivity index (χ0v) is 10.7. The fraction of sp³-hybridized carbons (Fsp3) is 0. The first-order valence-electron chi connectivity index (χ1n) is 5.21. The van der Waals surface area contributed by atoms with E-state index in [1.54, 1.807) is 46.4 Å². The Labute approximate surface area is 112 Å². The van der Waals surface area contributed by atoms with Gasteiger partial charge in [-0.25, -0.2) is 4.98 Å². The average Bonchev–Trinajstić information content (AvgIpc) is 2.89. The van der Waals surface area contributed by atoms with Crippen molar-refractivity contribution in [3.8, 4) is 0 Å². The van der Waals surface area contributed by atoms with Crippen molar-refractivity contribution < 1.29 is 4.79 Å². The van der Waals surface area contributed by atoms with Crippen LogP contribution in [0, 0.1) is 0 Å². The Morgan fingerprint density at radius 3 is 3.17 bits per heavy atom. The van der Waals surface area contributed by atoms with Crippen LogP contribution in [-0.4, -0.2) is 15.3 Å². The number of benzene rings is 1. The highest BCUT2D eigenvalue weighted by molar-refractivity contribution is 7.15. The number of hydrogen-bond acceptors (Lipinski definition) is 3. The third-order valence-corrected chi connectivity index (χ3v) is 3.55. The Morgan fingerprint density at radius 1 is 1.44 bits per heavy atom. The van der Waals surface area contributed by atoms with E-state index < -0.39 is 0 Å². The van der Waals surface area contributed by atoms with Crippen LogP contribution in [0.3, 0.4) is 0 Å². The Hall–Kier alpha value is -1.85. The van der Waals surface area contributed by atoms with Gasteiger partial charge < -0.3 is 5.32 Å². The summed E-state index contributed by atoms with van der Waals surface area (Å²) in [6.45, 7) is 0. The lowest BCUT2D eigenvalue weighted by Gasteiger charge is -2.04. The molecule has 0 unspecified atom stereocenters. The number of nitrogens with one attached hydrogen (secondary N) is 1. The molecule has 0 saturated carbocycles. The molecule has 1 N–H and O–H groups in total. The SMILES string of the molecule is O=C(Nc1cccc(Cl)c1)c1csc2nccn12. The summed E-state index contributed by atoms with van der Waals surface area (Å²) in [6, 6.07) is 7.05. The van der Waals surface area contributed by atoms with Crippen LogP contribution < -0.4 is 5.32 Å². The van der Waals surface area contributed by atoms with Crippen LogP contribution in [0.15, 0.2) is 42.0 Å². The van der Waals surface area contributed by atoms with E-state index in [2.05, 4.69) is 10.3 Å². The summed E-state index contributed by atoms with van der Waals surface area (Å²) in [4.78, 5) is 17.0. The van der Waals surface area contributed by atoms with E-state index >= 15 is 0 Å². The first kappa shape index (κ1) is 11.3. The molecule has 0 atom stereocenters. The van der Waals surface area contributed by atoms with Crippen molar-refractivity contribution in [1.29, 1.82) is 0 Å². The molecule has 0 saturated heterocycles. The molecule has 0 aliphatic carbocycles. The fourth-order valence-electron chi connectivity index (χ4n) is 1.65. The fourth-order valence-corrected chi connectivity index (χ4v) is 2.67. The van der Waals surface area contributed by atoms with Crippen LogP contribution in [0.2, 0.25) is 5.02 Å². The van der Waals surface area contributed by atoms with Crippen LogP contribution >= 0.6 is 22.9 Å². The average molecular weight is 278 g/mol. The van der Waals surface area contributed by atoms with Crippen LogP contribution in [0.25, 0.3) is 4.96 Å². The molecule has 1 aromatic carbocycles. The standard InChI is InChI=1S/C12H8ClN3OS/c13-8-2-1-3-9(6-8)15-11(17)10-7-18-12-14-4-5-16(10)12/h1-7H,(H,15,17). The van der Waals surface area contributed by atoms with Gasteiger partial charge in [-0.1, -0.05) is 17.7 Å². The quantitative estimate of drug-likeness (QED) is 0.781. The number of nitrogens with zero attached hydrogens (tertiary/aromatic N) is 2. The number of rotatable bonds is 2. The van der Waals surface area contributed by atoms with E-state index in [-0.39, 0.29) is 5.91 Å². The molecular formula is C12H8ClN3OS. The molecule has 18 heavy (non-hydrogen) atoms. The van der Waals surface area contributed by atoms with Gasteiger partial charge in [-0.3, -0.25) is 9.20 Å². The monoisotopic (exact) mass is 277 g/mol. The number of aromatic nitrogens is 2. The predicted molar refractivity (Wildman–Crippen MR) is 72.5 cm³/mol. The molecular weight excluding hydrogens is 270 g/mol. The second-order valence-electron chi connectivity index (χ2n) is 3.67. The summed E-state index contributed by atoms with van der Waals surface area (Å²) in [5, 5.41) is 5.17. The Morgan fingerprint density at radius 2 is 2.33 bits per heavy atom. The molecule has 6 heteroatoms. The maximum atomic E-state index is 12.1. The second kappa shape index (κ2) is 4.44. The maximum absolute atomic E-state index is 12.1. The smallest absolute Gasteiger partial charge is 0.273 e. The zero-order chi connectivity index (χ0) is 12.5. The van der Waals surface area contributed by atoms with Crippen molar-refractivity contribution in [2.45, 2.75) is 0 Å². The third-order valence-electron chi connectivity index (χ3n) is 2.46. The van der Waals surface area contributed by atoms with E-state index in [0.29, 0.717) is 16.4 Å². The third kappa shape index (κ3) is 1.98. The van der Waals surface area contributed by atoms with Gasteiger partial charge in [0.1, 0.15) is 5.69 Å². The topological polar surface area (TPSA) is 46.4 Å². The summed E-state index contributed by atoms with van der Waals surface area (Å²) in [5.41, 5.74) is 1.24. The number of fused-ring (bicyclic) bond motifs is 1. The van der Waals surface area contributed by atoms with Gasteiger partial charge in [0, 0.05) is 28.5 Å². The lowest BCUT2D eigenvalue weighted by atomic mass is 10.3. The number of carbonyl (C=O) groups excluding carboxylic acids is 1. The van der Waals surface area contributed by atoms with E-state index in [1.807, 2.05) is 0 Å². The lowest BCUT2D eigenvalue weighted by molar-refractivity contribution is 0.102. The minimum atomic E-state index is -0.179. The number of thiazole rings is 1. The van der Waals surface area contributed by atoms with Crippen LogP contribution in [-0.2, 0) is 0 Å². The molecule has 3 rings (SSSR count). The predicted octanol–water partition coefficient (Wildman–Crippen LogP) is 3.30. The van der Waals surface area contributed by atoms with E-state index in [9.17, 15) is 4.79 Å². The molecule has 90 valence electrons. The van der Waals surface area contributed by atoms with Gasteiger partial charge in [-0.05, 0) is 18.2 Å². The van der Waals surface area contributed by atoms with Crippen molar-refractivity contribution in [2.24, 2.45) is 0 Å². The summed E-state index contributed by atoms with van der Waals surface area (Å²) in [6.07, 6.45) is 3.43. The number of hydrogen-bond donors (Lipinski definition) is 1. The van der Waals surface area contributed by atoms with Crippen molar-refractivity contribution in [3.63, 3.8) is 0 Å². The Bertz CT molecular complexity index is 719. The number of anilines is 1. The molecule has 2 heterocycles. The summed E-state index contributed by atoms with van der Waals surface area (Å²) in [5.74, 6) is -0.179. The van der Waals surface area contributed by atoms with Crippen molar-refractivity contribution in [2.75, 3.05) is 5.32 Å². The maximum Gasteiger partial charge on any atom is 0.273 e. The first-order valence-corrected chi connectivity index (χ1v) is 6.47. The van der Waals surface area contributed by atoms with Gasteiger partial charge in [0.05, 0.1) is 0 Å². The van der Waals surface area contributed by atoms with Crippen molar-refractivity contribution >= 4 is 39.5 Å². The van der Waals surface area contributed by atoms with Crippen LogP contribution in [0.1, 0.15) is 10.5 Å². The molecule has 0 aliphatic rings. The van der Waals surface area contributed by atoms with Gasteiger partial charge in [0.15, 0.2) is 4.96 Å². The summed E-state index contributed by atoms with van der Waals surface area (Å²) < 4.78 is 1.75. The molecule has 1 amide bonds. The van der Waals surface area contributed by atoms with Gasteiger partial charge in [0.2, 0.25) is 0 Å². The first-order chi connectivity index (χ1) is 8.74. The molecule has 0 radical (unpaired) electrons. The van der Waals surface area contributed by atoms with Crippen LogP contribution in [0.5, 0.6) is 0 Å². The van der Waals surface area contributed by atoms with Gasteiger partial charge in [-0.2, -0.15) is 0 Å². The molecule has 0 spiro atoms. The molecule has 4 nitrogen and oxygen atoms in total. The molecule has 0 fully saturated rings. The summed E-state index contributed by atoms with van der Waals surface area (Å²) >= 11 is 7.29. The van der Waals surface area contributed by atoms with Crippen molar-refractivity contribution in [1.82, 2.24) is 9.38 Å².